The molecule has 0 fully saturated rings. The van der Waals surface area contributed by atoms with Gasteiger partial charge < -0.3 is 4.98 Å². The quantitative estimate of drug-likeness (QED) is 0.743. The minimum absolute atomic E-state index is 0.0268. The van der Waals surface area contributed by atoms with Crippen LogP contribution < -0.4 is 0 Å². The van der Waals surface area contributed by atoms with Gasteiger partial charge in [-0.3, -0.25) is 0 Å². The number of nitrogens with zero attached hydrogens (tertiary/aromatic N) is 2. The second-order valence-electron chi connectivity index (χ2n) is 2.74. The van der Waals surface area contributed by atoms with Crippen LogP contribution >= 0.6 is 0 Å². The summed E-state index contributed by atoms with van der Waals surface area (Å²) in [6.45, 7) is 0. The van der Waals surface area contributed by atoms with E-state index >= 15 is 0 Å². The number of halogens is 1. The number of rotatable bonds is 1. The molecule has 68 valence electrons. The first-order chi connectivity index (χ1) is 6.81. The van der Waals surface area contributed by atoms with E-state index in [1.54, 1.807) is 24.5 Å². The third-order valence-electron chi connectivity index (χ3n) is 1.86. The van der Waals surface area contributed by atoms with E-state index in [0.29, 0.717) is 11.4 Å². The van der Waals surface area contributed by atoms with Crippen molar-refractivity contribution in [2.75, 3.05) is 0 Å². The Kier molecular flexibility index (Phi) is 1.99. The van der Waals surface area contributed by atoms with Crippen LogP contribution in [0.15, 0.2) is 30.6 Å². The Balaban J connectivity index is 2.53. The minimum atomic E-state index is -0.511. The smallest absolute Gasteiger partial charge is 0.140 e. The zero-order valence-electron chi connectivity index (χ0n) is 7.16. The molecular weight excluding hydrogens is 181 g/mol. The number of H-pyrrole nitrogens is 1. The monoisotopic (exact) mass is 187 g/mol. The van der Waals surface area contributed by atoms with E-state index in [1.165, 1.54) is 12.1 Å². The Morgan fingerprint density at radius 3 is 2.93 bits per heavy atom. The number of aromatic nitrogens is 2. The van der Waals surface area contributed by atoms with E-state index in [0.717, 1.165) is 0 Å². The summed E-state index contributed by atoms with van der Waals surface area (Å²) in [5.74, 6) is 0.115. The highest BCUT2D eigenvalue weighted by atomic mass is 19.1. The Morgan fingerprint density at radius 1 is 1.43 bits per heavy atom. The Morgan fingerprint density at radius 2 is 2.29 bits per heavy atom. The topological polar surface area (TPSA) is 52.5 Å². The zero-order valence-corrected chi connectivity index (χ0v) is 7.16. The molecule has 0 bridgehead atoms. The summed E-state index contributed by atoms with van der Waals surface area (Å²) in [5, 5.41) is 8.62. The lowest BCUT2D eigenvalue weighted by Gasteiger charge is -1.97. The van der Waals surface area contributed by atoms with Gasteiger partial charge in [-0.05, 0) is 18.2 Å². The van der Waals surface area contributed by atoms with Crippen LogP contribution in [0.3, 0.4) is 0 Å². The van der Waals surface area contributed by atoms with Gasteiger partial charge in [0, 0.05) is 18.0 Å². The van der Waals surface area contributed by atoms with Crippen LogP contribution in [0.5, 0.6) is 0 Å². The van der Waals surface area contributed by atoms with Gasteiger partial charge in [0.2, 0.25) is 0 Å². The molecule has 0 atom stereocenters. The van der Waals surface area contributed by atoms with Gasteiger partial charge >= 0.3 is 0 Å². The van der Waals surface area contributed by atoms with Gasteiger partial charge in [0.05, 0.1) is 5.56 Å². The third-order valence-corrected chi connectivity index (χ3v) is 1.86. The first kappa shape index (κ1) is 8.45. The fourth-order valence-electron chi connectivity index (χ4n) is 1.18. The molecule has 0 unspecified atom stereocenters. The molecule has 0 saturated heterocycles. The molecule has 4 heteroatoms. The normalized spacial score (nSPS) is 9.71. The molecule has 3 nitrogen and oxygen atoms in total. The lowest BCUT2D eigenvalue weighted by Crippen LogP contribution is -1.86. The van der Waals surface area contributed by atoms with Gasteiger partial charge in [-0.15, -0.1) is 0 Å². The van der Waals surface area contributed by atoms with Crippen molar-refractivity contribution in [3.05, 3.63) is 42.0 Å². The molecule has 0 aliphatic carbocycles. The van der Waals surface area contributed by atoms with Crippen molar-refractivity contribution >= 4 is 0 Å². The van der Waals surface area contributed by atoms with Crippen molar-refractivity contribution in [3.63, 3.8) is 0 Å². The van der Waals surface area contributed by atoms with Gasteiger partial charge in [-0.1, -0.05) is 0 Å². The van der Waals surface area contributed by atoms with Gasteiger partial charge in [0.1, 0.15) is 17.7 Å². The van der Waals surface area contributed by atoms with E-state index in [4.69, 9.17) is 5.26 Å². The molecule has 0 saturated carbocycles. The molecule has 14 heavy (non-hydrogen) atoms. The molecule has 1 aromatic carbocycles. The molecular formula is C10H6FN3. The zero-order chi connectivity index (χ0) is 9.97. The predicted molar refractivity (Wildman–Crippen MR) is 48.7 cm³/mol. The summed E-state index contributed by atoms with van der Waals surface area (Å²) >= 11 is 0. The average Bonchev–Trinajstić information content (AvgIpc) is 2.71. The van der Waals surface area contributed by atoms with E-state index in [9.17, 15) is 4.39 Å². The molecule has 1 N–H and O–H groups in total. The fourth-order valence-corrected chi connectivity index (χ4v) is 1.18. The van der Waals surface area contributed by atoms with Crippen molar-refractivity contribution in [1.29, 1.82) is 5.26 Å². The highest BCUT2D eigenvalue weighted by Gasteiger charge is 2.05. The van der Waals surface area contributed by atoms with Gasteiger partial charge in [-0.2, -0.15) is 5.26 Å². The van der Waals surface area contributed by atoms with Crippen molar-refractivity contribution in [2.45, 2.75) is 0 Å². The second-order valence-corrected chi connectivity index (χ2v) is 2.74. The van der Waals surface area contributed by atoms with Crippen LogP contribution in [-0.2, 0) is 0 Å². The summed E-state index contributed by atoms with van der Waals surface area (Å²) in [5.41, 5.74) is 0.729. The number of hydrogen-bond acceptors (Lipinski definition) is 2. The van der Waals surface area contributed by atoms with Gasteiger partial charge in [-0.25, -0.2) is 9.37 Å². The first-order valence-electron chi connectivity index (χ1n) is 4.00. The third kappa shape index (κ3) is 1.36. The summed E-state index contributed by atoms with van der Waals surface area (Å²) < 4.78 is 13.0. The Hall–Kier alpha value is -2.15. The minimum Gasteiger partial charge on any atom is -0.345 e. The van der Waals surface area contributed by atoms with Crippen molar-refractivity contribution < 1.29 is 4.39 Å². The first-order valence-corrected chi connectivity index (χ1v) is 4.00. The standard InChI is InChI=1S/C10H6FN3/c11-9-2-1-7(5-8(9)6-12)10-13-3-4-14-10/h1-5H,(H,13,14). The van der Waals surface area contributed by atoms with Crippen LogP contribution in [0.2, 0.25) is 0 Å². The van der Waals surface area contributed by atoms with Gasteiger partial charge in [0.15, 0.2) is 0 Å². The SMILES string of the molecule is N#Cc1cc(-c2ncc[nH]2)ccc1F. The molecule has 0 amide bonds. The van der Waals surface area contributed by atoms with Crippen LogP contribution in [0, 0.1) is 17.1 Å². The summed E-state index contributed by atoms with van der Waals surface area (Å²) in [7, 11) is 0. The molecule has 1 heterocycles. The number of hydrogen-bond donors (Lipinski definition) is 1. The van der Waals surface area contributed by atoms with E-state index in [2.05, 4.69) is 9.97 Å². The number of nitrogens with one attached hydrogen (secondary N) is 1. The Labute approximate surface area is 79.8 Å². The lowest BCUT2D eigenvalue weighted by molar-refractivity contribution is 0.624. The molecule has 0 aliphatic heterocycles. The molecule has 0 spiro atoms. The number of aromatic amines is 1. The van der Waals surface area contributed by atoms with Crippen LogP contribution in [0.25, 0.3) is 11.4 Å². The van der Waals surface area contributed by atoms with Crippen LogP contribution in [0.1, 0.15) is 5.56 Å². The van der Waals surface area contributed by atoms with E-state index in [1.807, 2.05) is 0 Å². The van der Waals surface area contributed by atoms with Crippen LogP contribution in [-0.4, -0.2) is 9.97 Å². The summed E-state index contributed by atoms with van der Waals surface area (Å²) in [6.07, 6.45) is 3.27. The molecule has 0 radical (unpaired) electrons. The maximum absolute atomic E-state index is 13.0. The molecule has 2 aromatic rings. The molecule has 1 aromatic heterocycles. The summed E-state index contributed by atoms with van der Waals surface area (Å²) in [6, 6.07) is 6.09. The second kappa shape index (κ2) is 3.30. The molecule has 0 aliphatic rings. The van der Waals surface area contributed by atoms with Crippen LogP contribution in [0.4, 0.5) is 4.39 Å². The van der Waals surface area contributed by atoms with Crippen molar-refractivity contribution in [2.24, 2.45) is 0 Å². The van der Waals surface area contributed by atoms with E-state index in [-0.39, 0.29) is 5.56 Å². The number of imidazole rings is 1. The number of nitriles is 1. The largest absolute Gasteiger partial charge is 0.345 e. The maximum atomic E-state index is 13.0. The molecule has 2 rings (SSSR count). The Bertz CT molecular complexity index is 483. The highest BCUT2D eigenvalue weighted by Crippen LogP contribution is 2.17. The predicted octanol–water partition coefficient (Wildman–Crippen LogP) is 2.09. The van der Waals surface area contributed by atoms with Crippen molar-refractivity contribution in [3.8, 4) is 17.5 Å². The highest BCUT2D eigenvalue weighted by molar-refractivity contribution is 5.57. The lowest BCUT2D eigenvalue weighted by atomic mass is 10.1. The van der Waals surface area contributed by atoms with Gasteiger partial charge in [0.25, 0.3) is 0 Å². The summed E-state index contributed by atoms with van der Waals surface area (Å²) in [4.78, 5) is 6.89. The fraction of sp³-hybridized carbons (Fsp3) is 0. The van der Waals surface area contributed by atoms with Crippen molar-refractivity contribution in [1.82, 2.24) is 9.97 Å². The average molecular weight is 187 g/mol. The van der Waals surface area contributed by atoms with E-state index < -0.39 is 5.82 Å². The number of benzene rings is 1. The maximum Gasteiger partial charge on any atom is 0.140 e.